The second-order valence-corrected chi connectivity index (χ2v) is 5.80. The number of hydrogen-bond acceptors (Lipinski definition) is 2. The summed E-state index contributed by atoms with van der Waals surface area (Å²) in [7, 11) is 1.83. The number of aliphatic imine (C=N–C) groups is 1. The van der Waals surface area contributed by atoms with Crippen molar-refractivity contribution in [1.29, 1.82) is 0 Å². The molecular weight excluding hydrogens is 339 g/mol. The molecule has 1 aliphatic rings. The van der Waals surface area contributed by atoms with E-state index in [0.29, 0.717) is 6.04 Å². The van der Waals surface area contributed by atoms with Crippen LogP contribution in [-0.4, -0.2) is 37.7 Å². The average molecular weight is 368 g/mol. The first kappa shape index (κ1) is 18.0. The molecule has 1 rings (SSSR count). The van der Waals surface area contributed by atoms with Crippen LogP contribution in [0.1, 0.15) is 46.5 Å². The molecule has 0 aliphatic heterocycles. The lowest BCUT2D eigenvalue weighted by Crippen LogP contribution is -2.46. The Hall–Kier alpha value is -0.0400. The second-order valence-electron chi connectivity index (χ2n) is 5.80. The van der Waals surface area contributed by atoms with Gasteiger partial charge in [0.2, 0.25) is 0 Å². The number of rotatable bonds is 4. The van der Waals surface area contributed by atoms with Gasteiger partial charge >= 0.3 is 0 Å². The van der Waals surface area contributed by atoms with Crippen molar-refractivity contribution in [3.63, 3.8) is 0 Å². The summed E-state index contributed by atoms with van der Waals surface area (Å²) >= 11 is 0. The summed E-state index contributed by atoms with van der Waals surface area (Å²) in [6, 6.07) is 0.622. The maximum atomic E-state index is 4.25. The van der Waals surface area contributed by atoms with E-state index in [2.05, 4.69) is 41.7 Å². The maximum Gasteiger partial charge on any atom is 0.191 e. The lowest BCUT2D eigenvalue weighted by Gasteiger charge is -2.22. The predicted octanol–water partition coefficient (Wildman–Crippen LogP) is 2.10. The molecule has 4 nitrogen and oxygen atoms in total. The largest absolute Gasteiger partial charge is 0.355 e. The zero-order valence-corrected chi connectivity index (χ0v) is 14.5. The first-order chi connectivity index (χ1) is 8.01. The molecule has 5 heteroatoms. The highest BCUT2D eigenvalue weighted by molar-refractivity contribution is 14.0. The van der Waals surface area contributed by atoms with Crippen molar-refractivity contribution in [1.82, 2.24) is 16.0 Å². The molecule has 18 heavy (non-hydrogen) atoms. The Labute approximate surface area is 129 Å². The van der Waals surface area contributed by atoms with Crippen molar-refractivity contribution in [3.05, 3.63) is 0 Å². The number of guanidine groups is 1. The standard InChI is InChI=1S/C13H28N4.HI/c1-13(2,3)16-10-9-15-12(14-4)17-11-7-5-6-8-11;/h11,16H,5-10H2,1-4H3,(H2,14,15,17);1H. The molecule has 0 heterocycles. The third-order valence-electron chi connectivity index (χ3n) is 2.99. The molecule has 1 aliphatic carbocycles. The van der Waals surface area contributed by atoms with Gasteiger partial charge in [-0.25, -0.2) is 0 Å². The van der Waals surface area contributed by atoms with E-state index in [0.717, 1.165) is 19.0 Å². The fraction of sp³-hybridized carbons (Fsp3) is 0.923. The van der Waals surface area contributed by atoms with Gasteiger partial charge in [-0.05, 0) is 33.6 Å². The van der Waals surface area contributed by atoms with Crippen molar-refractivity contribution in [2.24, 2.45) is 4.99 Å². The molecule has 0 aromatic heterocycles. The molecule has 0 bridgehead atoms. The minimum Gasteiger partial charge on any atom is -0.355 e. The minimum atomic E-state index is 0. The van der Waals surface area contributed by atoms with Crippen LogP contribution < -0.4 is 16.0 Å². The van der Waals surface area contributed by atoms with Crippen LogP contribution in [0.5, 0.6) is 0 Å². The van der Waals surface area contributed by atoms with Crippen molar-refractivity contribution >= 4 is 29.9 Å². The van der Waals surface area contributed by atoms with E-state index in [1.807, 2.05) is 7.05 Å². The van der Waals surface area contributed by atoms with Gasteiger partial charge in [0.05, 0.1) is 0 Å². The van der Waals surface area contributed by atoms with Gasteiger partial charge in [0.25, 0.3) is 0 Å². The summed E-state index contributed by atoms with van der Waals surface area (Å²) in [5.41, 5.74) is 0.185. The Morgan fingerprint density at radius 3 is 2.28 bits per heavy atom. The molecule has 0 aromatic carbocycles. The second kappa shape index (κ2) is 8.96. The number of nitrogens with one attached hydrogen (secondary N) is 3. The fourth-order valence-corrected chi connectivity index (χ4v) is 2.08. The summed E-state index contributed by atoms with van der Waals surface area (Å²) in [6.45, 7) is 8.40. The Kier molecular flexibility index (Phi) is 8.94. The van der Waals surface area contributed by atoms with Gasteiger partial charge in [0.1, 0.15) is 0 Å². The first-order valence-electron chi connectivity index (χ1n) is 6.73. The molecular formula is C13H29IN4. The number of nitrogens with zero attached hydrogens (tertiary/aromatic N) is 1. The quantitative estimate of drug-likeness (QED) is 0.308. The molecule has 0 unspecified atom stereocenters. The zero-order chi connectivity index (χ0) is 12.7. The van der Waals surface area contributed by atoms with Gasteiger partial charge in [-0.1, -0.05) is 12.8 Å². The van der Waals surface area contributed by atoms with Crippen LogP contribution in [0.2, 0.25) is 0 Å². The normalized spacial score (nSPS) is 17.4. The maximum absolute atomic E-state index is 4.25. The molecule has 3 N–H and O–H groups in total. The number of halogens is 1. The van der Waals surface area contributed by atoms with Gasteiger partial charge in [-0.3, -0.25) is 4.99 Å². The molecule has 1 fully saturated rings. The van der Waals surface area contributed by atoms with E-state index < -0.39 is 0 Å². The Morgan fingerprint density at radius 2 is 1.78 bits per heavy atom. The molecule has 0 spiro atoms. The van der Waals surface area contributed by atoms with E-state index in [1.165, 1.54) is 25.7 Å². The van der Waals surface area contributed by atoms with Gasteiger partial charge < -0.3 is 16.0 Å². The fourth-order valence-electron chi connectivity index (χ4n) is 2.08. The first-order valence-corrected chi connectivity index (χ1v) is 6.73. The van der Waals surface area contributed by atoms with Crippen LogP contribution in [0.15, 0.2) is 4.99 Å². The topological polar surface area (TPSA) is 48.5 Å². The van der Waals surface area contributed by atoms with Crippen LogP contribution >= 0.6 is 24.0 Å². The molecule has 0 aromatic rings. The summed E-state index contributed by atoms with van der Waals surface area (Å²) in [5.74, 6) is 0.938. The van der Waals surface area contributed by atoms with Gasteiger partial charge in [-0.2, -0.15) is 0 Å². The summed E-state index contributed by atoms with van der Waals surface area (Å²) in [6.07, 6.45) is 5.25. The minimum absolute atomic E-state index is 0. The Bertz CT molecular complexity index is 242. The van der Waals surface area contributed by atoms with E-state index in [4.69, 9.17) is 0 Å². The van der Waals surface area contributed by atoms with E-state index in [-0.39, 0.29) is 29.5 Å². The van der Waals surface area contributed by atoms with Crippen molar-refractivity contribution in [2.75, 3.05) is 20.1 Å². The van der Waals surface area contributed by atoms with Crippen molar-refractivity contribution in [3.8, 4) is 0 Å². The highest BCUT2D eigenvalue weighted by Crippen LogP contribution is 2.17. The van der Waals surface area contributed by atoms with Crippen LogP contribution in [-0.2, 0) is 0 Å². The van der Waals surface area contributed by atoms with Gasteiger partial charge in [-0.15, -0.1) is 24.0 Å². The average Bonchev–Trinajstić information content (AvgIpc) is 2.73. The van der Waals surface area contributed by atoms with Crippen molar-refractivity contribution < 1.29 is 0 Å². The van der Waals surface area contributed by atoms with Crippen LogP contribution in [0, 0.1) is 0 Å². The highest BCUT2D eigenvalue weighted by Gasteiger charge is 2.15. The zero-order valence-electron chi connectivity index (χ0n) is 12.2. The van der Waals surface area contributed by atoms with Gasteiger partial charge in [0.15, 0.2) is 5.96 Å². The lowest BCUT2D eigenvalue weighted by atomic mass is 10.1. The molecule has 0 amide bonds. The third kappa shape index (κ3) is 8.13. The van der Waals surface area contributed by atoms with Crippen molar-refractivity contribution in [2.45, 2.75) is 58.0 Å². The van der Waals surface area contributed by atoms with Crippen LogP contribution in [0.4, 0.5) is 0 Å². The number of hydrogen-bond donors (Lipinski definition) is 3. The van der Waals surface area contributed by atoms with Gasteiger partial charge in [0, 0.05) is 31.7 Å². The Morgan fingerprint density at radius 1 is 1.17 bits per heavy atom. The Balaban J connectivity index is 0.00000289. The predicted molar refractivity (Wildman–Crippen MR) is 89.9 cm³/mol. The summed E-state index contributed by atoms with van der Waals surface area (Å²) in [4.78, 5) is 4.25. The molecule has 0 atom stereocenters. The van der Waals surface area contributed by atoms with E-state index in [9.17, 15) is 0 Å². The third-order valence-corrected chi connectivity index (χ3v) is 2.99. The SMILES string of the molecule is CN=C(NCCNC(C)(C)C)NC1CCCC1.I. The summed E-state index contributed by atoms with van der Waals surface area (Å²) < 4.78 is 0. The lowest BCUT2D eigenvalue weighted by molar-refractivity contribution is 0.428. The smallest absolute Gasteiger partial charge is 0.191 e. The highest BCUT2D eigenvalue weighted by atomic mass is 127. The van der Waals surface area contributed by atoms with E-state index >= 15 is 0 Å². The summed E-state index contributed by atoms with van der Waals surface area (Å²) in [5, 5.41) is 10.3. The molecule has 0 radical (unpaired) electrons. The molecule has 1 saturated carbocycles. The molecule has 108 valence electrons. The van der Waals surface area contributed by atoms with E-state index in [1.54, 1.807) is 0 Å². The monoisotopic (exact) mass is 368 g/mol. The van der Waals surface area contributed by atoms with Crippen LogP contribution in [0.3, 0.4) is 0 Å². The van der Waals surface area contributed by atoms with Crippen LogP contribution in [0.25, 0.3) is 0 Å². The molecule has 0 saturated heterocycles.